The highest BCUT2D eigenvalue weighted by molar-refractivity contribution is 5.71. The molecule has 0 aliphatic heterocycles. The first kappa shape index (κ1) is 74.3. The van der Waals surface area contributed by atoms with E-state index in [0.29, 0.717) is 19.3 Å². The van der Waals surface area contributed by atoms with Crippen LogP contribution in [0.15, 0.2) is 97.2 Å². The maximum atomic E-state index is 12.9. The van der Waals surface area contributed by atoms with Gasteiger partial charge in [0.05, 0.1) is 0 Å². The number of allylic oxidation sites excluding steroid dienone is 16. The quantitative estimate of drug-likeness (QED) is 0.0261. The molecule has 0 aliphatic rings. The average molecular weight is 1090 g/mol. The van der Waals surface area contributed by atoms with E-state index in [4.69, 9.17) is 14.2 Å². The molecule has 0 aliphatic carbocycles. The van der Waals surface area contributed by atoms with E-state index in [2.05, 4.69) is 118 Å². The number of esters is 3. The summed E-state index contributed by atoms with van der Waals surface area (Å²) in [7, 11) is 0. The fraction of sp³-hybridized carbons (Fsp3) is 0.736. The molecule has 0 spiro atoms. The molecule has 0 saturated carbocycles. The SMILES string of the molecule is CC/C=C\C/C=C\C/C=C\C/C=C\C/C=C\CCCCCCCCCCCCCC(=O)OCC(COC(=O)CCCCCCC/C=C\CCCCC)OC(=O)CCCCCCCCCCC/C=C\C/C=C\CCCCCCC. The van der Waals surface area contributed by atoms with E-state index in [1.165, 1.54) is 180 Å². The van der Waals surface area contributed by atoms with Crippen molar-refractivity contribution in [3.63, 3.8) is 0 Å². The molecule has 448 valence electrons. The number of carbonyl (C=O) groups is 3. The van der Waals surface area contributed by atoms with E-state index in [1.807, 2.05) is 0 Å². The van der Waals surface area contributed by atoms with E-state index >= 15 is 0 Å². The average Bonchev–Trinajstić information content (AvgIpc) is 3.44. The lowest BCUT2D eigenvalue weighted by molar-refractivity contribution is -0.167. The first-order valence-electron chi connectivity index (χ1n) is 33.2. The highest BCUT2D eigenvalue weighted by Crippen LogP contribution is 2.16. The molecular weight excluding hydrogens is 961 g/mol. The zero-order valence-electron chi connectivity index (χ0n) is 51.4. The molecule has 0 amide bonds. The molecule has 0 aromatic rings. The number of hydrogen-bond donors (Lipinski definition) is 0. The van der Waals surface area contributed by atoms with Gasteiger partial charge in [0.1, 0.15) is 13.2 Å². The number of unbranched alkanes of at least 4 members (excludes halogenated alkanes) is 33. The Kier molecular flexibility index (Phi) is 62.7. The van der Waals surface area contributed by atoms with Gasteiger partial charge in [-0.1, -0.05) is 279 Å². The molecule has 6 heteroatoms. The van der Waals surface area contributed by atoms with Crippen LogP contribution in [0, 0.1) is 0 Å². The lowest BCUT2D eigenvalue weighted by atomic mass is 10.0. The summed E-state index contributed by atoms with van der Waals surface area (Å²) in [5, 5.41) is 0. The molecule has 78 heavy (non-hydrogen) atoms. The van der Waals surface area contributed by atoms with Gasteiger partial charge in [-0.25, -0.2) is 0 Å². The van der Waals surface area contributed by atoms with Crippen molar-refractivity contribution in [3.05, 3.63) is 97.2 Å². The Morgan fingerprint density at radius 3 is 0.821 bits per heavy atom. The lowest BCUT2D eigenvalue weighted by Gasteiger charge is -2.18. The van der Waals surface area contributed by atoms with Gasteiger partial charge in [0.2, 0.25) is 0 Å². The van der Waals surface area contributed by atoms with Crippen molar-refractivity contribution >= 4 is 17.9 Å². The van der Waals surface area contributed by atoms with Gasteiger partial charge in [-0.3, -0.25) is 14.4 Å². The minimum atomic E-state index is -0.786. The molecule has 0 aromatic heterocycles. The molecule has 0 saturated heterocycles. The van der Waals surface area contributed by atoms with Crippen LogP contribution in [0.4, 0.5) is 0 Å². The fourth-order valence-corrected chi connectivity index (χ4v) is 9.32. The van der Waals surface area contributed by atoms with Gasteiger partial charge in [-0.15, -0.1) is 0 Å². The number of rotatable bonds is 60. The normalized spacial score (nSPS) is 12.7. The second-order valence-corrected chi connectivity index (χ2v) is 22.0. The smallest absolute Gasteiger partial charge is 0.306 e. The molecule has 0 N–H and O–H groups in total. The Hall–Kier alpha value is -3.67. The molecule has 0 fully saturated rings. The first-order valence-corrected chi connectivity index (χ1v) is 33.2. The maximum Gasteiger partial charge on any atom is 0.306 e. The van der Waals surface area contributed by atoms with Crippen LogP contribution in [-0.4, -0.2) is 37.2 Å². The van der Waals surface area contributed by atoms with E-state index in [9.17, 15) is 14.4 Å². The molecule has 6 nitrogen and oxygen atoms in total. The third-order valence-corrected chi connectivity index (χ3v) is 14.3. The van der Waals surface area contributed by atoms with Gasteiger partial charge in [-0.2, -0.15) is 0 Å². The summed E-state index contributed by atoms with van der Waals surface area (Å²) in [6.07, 6.45) is 88.4. The van der Waals surface area contributed by atoms with Gasteiger partial charge in [0, 0.05) is 19.3 Å². The monoisotopic (exact) mass is 1080 g/mol. The summed E-state index contributed by atoms with van der Waals surface area (Å²) in [5.74, 6) is -0.887. The number of hydrogen-bond acceptors (Lipinski definition) is 6. The van der Waals surface area contributed by atoms with Crippen molar-refractivity contribution < 1.29 is 28.6 Å². The van der Waals surface area contributed by atoms with Gasteiger partial charge < -0.3 is 14.2 Å². The molecule has 0 radical (unpaired) electrons. The molecule has 1 atom stereocenters. The van der Waals surface area contributed by atoms with E-state index in [-0.39, 0.29) is 31.1 Å². The third-order valence-electron chi connectivity index (χ3n) is 14.3. The molecule has 0 aromatic carbocycles. The topological polar surface area (TPSA) is 78.9 Å². The van der Waals surface area contributed by atoms with Crippen LogP contribution in [0.3, 0.4) is 0 Å². The van der Waals surface area contributed by atoms with E-state index in [1.54, 1.807) is 0 Å². The van der Waals surface area contributed by atoms with E-state index < -0.39 is 6.10 Å². The van der Waals surface area contributed by atoms with Crippen LogP contribution in [0.5, 0.6) is 0 Å². The Bertz CT molecular complexity index is 1530. The second-order valence-electron chi connectivity index (χ2n) is 22.0. The molecule has 0 bridgehead atoms. The van der Waals surface area contributed by atoms with Gasteiger partial charge >= 0.3 is 17.9 Å². The minimum Gasteiger partial charge on any atom is -0.462 e. The van der Waals surface area contributed by atoms with Crippen LogP contribution < -0.4 is 0 Å². The zero-order valence-corrected chi connectivity index (χ0v) is 51.4. The van der Waals surface area contributed by atoms with Gasteiger partial charge in [0.15, 0.2) is 6.10 Å². The van der Waals surface area contributed by atoms with Crippen LogP contribution in [-0.2, 0) is 28.6 Å². The minimum absolute atomic E-state index is 0.0821. The number of ether oxygens (including phenoxy) is 3. The van der Waals surface area contributed by atoms with Crippen LogP contribution in [0.25, 0.3) is 0 Å². The van der Waals surface area contributed by atoms with Gasteiger partial charge in [-0.05, 0) is 122 Å². The standard InChI is InChI=1S/C72H124O6/c1-4-7-10-13-16-19-22-25-27-29-31-33-34-35-36-37-38-40-41-43-45-47-50-53-56-59-62-65-71(74)77-68-69(67-76-70(73)64-61-58-55-52-49-24-21-18-15-12-9-6-3)78-72(75)66-63-60-57-54-51-48-46-44-42-39-32-30-28-26-23-20-17-14-11-8-5-2/h7,10,16,18-19,21,23,25-27,30-33,35-36,69H,4-6,8-9,11-15,17,20,22,24,28-29,34,37-68H2,1-3H3/b10-7-,19-16-,21-18-,26-23-,27-25-,32-30-,33-31-,36-35-. The predicted octanol–water partition coefficient (Wildman–Crippen LogP) is 22.8. The van der Waals surface area contributed by atoms with E-state index in [0.717, 1.165) is 103 Å². The third kappa shape index (κ3) is 63.2. The van der Waals surface area contributed by atoms with Crippen LogP contribution >= 0.6 is 0 Å². The van der Waals surface area contributed by atoms with Crippen molar-refractivity contribution in [2.75, 3.05) is 13.2 Å². The molecule has 0 heterocycles. The summed E-state index contributed by atoms with van der Waals surface area (Å²) in [6, 6.07) is 0. The van der Waals surface area contributed by atoms with Crippen molar-refractivity contribution in [2.45, 2.75) is 329 Å². The summed E-state index contributed by atoms with van der Waals surface area (Å²) < 4.78 is 16.9. The van der Waals surface area contributed by atoms with Crippen molar-refractivity contribution in [1.29, 1.82) is 0 Å². The summed E-state index contributed by atoms with van der Waals surface area (Å²) in [5.41, 5.74) is 0. The molecule has 0 rings (SSSR count). The Morgan fingerprint density at radius 2 is 0.500 bits per heavy atom. The maximum absolute atomic E-state index is 12.9. The van der Waals surface area contributed by atoms with Crippen molar-refractivity contribution in [3.8, 4) is 0 Å². The second kappa shape index (κ2) is 65.8. The lowest BCUT2D eigenvalue weighted by Crippen LogP contribution is -2.30. The Labute approximate surface area is 483 Å². The molecular formula is C72H124O6. The Balaban J connectivity index is 4.29. The Morgan fingerprint density at radius 1 is 0.269 bits per heavy atom. The summed E-state index contributed by atoms with van der Waals surface area (Å²) >= 11 is 0. The highest BCUT2D eigenvalue weighted by atomic mass is 16.6. The largest absolute Gasteiger partial charge is 0.462 e. The number of carbonyl (C=O) groups excluding carboxylic acids is 3. The highest BCUT2D eigenvalue weighted by Gasteiger charge is 2.19. The van der Waals surface area contributed by atoms with Gasteiger partial charge in [0.25, 0.3) is 0 Å². The fourth-order valence-electron chi connectivity index (χ4n) is 9.32. The summed E-state index contributed by atoms with van der Waals surface area (Å²) in [4.78, 5) is 38.3. The van der Waals surface area contributed by atoms with Crippen molar-refractivity contribution in [2.24, 2.45) is 0 Å². The van der Waals surface area contributed by atoms with Crippen LogP contribution in [0.2, 0.25) is 0 Å². The van der Waals surface area contributed by atoms with Crippen LogP contribution in [0.1, 0.15) is 323 Å². The molecule has 1 unspecified atom stereocenters. The zero-order chi connectivity index (χ0) is 56.4. The predicted molar refractivity (Wildman–Crippen MR) is 339 cm³/mol. The first-order chi connectivity index (χ1) is 38.5. The summed E-state index contributed by atoms with van der Waals surface area (Å²) in [6.45, 7) is 6.51. The van der Waals surface area contributed by atoms with Crippen molar-refractivity contribution in [1.82, 2.24) is 0 Å².